The van der Waals surface area contributed by atoms with Gasteiger partial charge in [0.05, 0.1) is 10.0 Å². The Labute approximate surface area is 111 Å². The normalized spacial score (nSPS) is 10.7. The van der Waals surface area contributed by atoms with E-state index in [1.54, 1.807) is 13.8 Å². The van der Waals surface area contributed by atoms with Gasteiger partial charge in [-0.1, -0.05) is 0 Å². The van der Waals surface area contributed by atoms with Gasteiger partial charge in [0, 0.05) is 17.3 Å². The molecule has 18 heavy (non-hydrogen) atoms. The number of aromatic nitrogens is 2. The van der Waals surface area contributed by atoms with Crippen LogP contribution in [-0.2, 0) is 0 Å². The molecule has 0 bridgehead atoms. The fourth-order valence-corrected chi connectivity index (χ4v) is 1.81. The van der Waals surface area contributed by atoms with Gasteiger partial charge in [-0.3, -0.25) is 0 Å². The first kappa shape index (κ1) is 12.9. The Bertz CT molecular complexity index is 606. The van der Waals surface area contributed by atoms with Crippen molar-refractivity contribution >= 4 is 21.7 Å². The fourth-order valence-electron chi connectivity index (χ4n) is 1.47. The van der Waals surface area contributed by atoms with Crippen LogP contribution < -0.4 is 5.73 Å². The summed E-state index contributed by atoms with van der Waals surface area (Å²) in [5.41, 5.74) is 7.24. The molecule has 1 heterocycles. The molecule has 2 N–H and O–H groups in total. The number of benzene rings is 1. The molecule has 0 radical (unpaired) electrons. The van der Waals surface area contributed by atoms with E-state index in [9.17, 15) is 8.78 Å². The van der Waals surface area contributed by atoms with Gasteiger partial charge in [0.1, 0.15) is 17.5 Å². The fraction of sp³-hybridized carbons (Fsp3) is 0.167. The first-order valence-corrected chi connectivity index (χ1v) is 5.95. The summed E-state index contributed by atoms with van der Waals surface area (Å²) in [4.78, 5) is 8.18. The maximum atomic E-state index is 13.7. The van der Waals surface area contributed by atoms with Crippen LogP contribution in [0.4, 0.5) is 14.6 Å². The Morgan fingerprint density at radius 3 is 2.39 bits per heavy atom. The third kappa shape index (κ3) is 2.20. The second-order valence-corrected chi connectivity index (χ2v) is 4.74. The zero-order valence-electron chi connectivity index (χ0n) is 9.76. The summed E-state index contributed by atoms with van der Waals surface area (Å²) in [5, 5.41) is 0. The Morgan fingerprint density at radius 2 is 1.78 bits per heavy atom. The average molecular weight is 314 g/mol. The molecule has 6 heteroatoms. The highest BCUT2D eigenvalue weighted by atomic mass is 79.9. The van der Waals surface area contributed by atoms with Gasteiger partial charge in [0.25, 0.3) is 0 Å². The number of nitrogens with two attached hydrogens (primary N) is 1. The van der Waals surface area contributed by atoms with Crippen molar-refractivity contribution in [1.29, 1.82) is 0 Å². The van der Waals surface area contributed by atoms with Gasteiger partial charge >= 0.3 is 0 Å². The van der Waals surface area contributed by atoms with Crippen LogP contribution in [0.5, 0.6) is 0 Å². The maximum Gasteiger partial charge on any atom is 0.164 e. The van der Waals surface area contributed by atoms with E-state index in [-0.39, 0.29) is 21.7 Å². The van der Waals surface area contributed by atoms with Crippen molar-refractivity contribution in [3.8, 4) is 11.4 Å². The minimum absolute atomic E-state index is 0.109. The zero-order valence-corrected chi connectivity index (χ0v) is 11.3. The molecule has 0 fully saturated rings. The number of aryl methyl sites for hydroxylation is 1. The van der Waals surface area contributed by atoms with Gasteiger partial charge < -0.3 is 5.73 Å². The number of nitrogen functional groups attached to an aromatic ring is 1. The predicted octanol–water partition coefficient (Wildman–Crippen LogP) is 3.38. The van der Waals surface area contributed by atoms with E-state index in [0.29, 0.717) is 5.69 Å². The maximum absolute atomic E-state index is 13.7. The molecule has 0 aliphatic rings. The van der Waals surface area contributed by atoms with E-state index < -0.39 is 11.6 Å². The van der Waals surface area contributed by atoms with Crippen LogP contribution in [-0.4, -0.2) is 9.97 Å². The molecular weight excluding hydrogens is 304 g/mol. The standard InChI is InChI=1S/C12H10BrF2N3/c1-5-6(2)17-12(18-11(5)16)7-3-8(13)10(15)4-9(7)14/h3-4H,1-2H3,(H2,16,17,18). The monoisotopic (exact) mass is 313 g/mol. The second kappa shape index (κ2) is 4.61. The van der Waals surface area contributed by atoms with Crippen LogP contribution in [0.25, 0.3) is 11.4 Å². The van der Waals surface area contributed by atoms with Crippen molar-refractivity contribution in [1.82, 2.24) is 9.97 Å². The van der Waals surface area contributed by atoms with Crippen molar-refractivity contribution < 1.29 is 8.78 Å². The zero-order chi connectivity index (χ0) is 13.4. The number of hydrogen-bond donors (Lipinski definition) is 1. The van der Waals surface area contributed by atoms with Crippen molar-refractivity contribution in [3.05, 3.63) is 39.5 Å². The van der Waals surface area contributed by atoms with E-state index >= 15 is 0 Å². The third-order valence-corrected chi connectivity index (χ3v) is 3.29. The predicted molar refractivity (Wildman–Crippen MR) is 69.0 cm³/mol. The molecule has 0 unspecified atom stereocenters. The van der Waals surface area contributed by atoms with Crippen LogP contribution >= 0.6 is 15.9 Å². The molecule has 2 aromatic rings. The summed E-state index contributed by atoms with van der Waals surface area (Å²) in [5.74, 6) is -0.961. The van der Waals surface area contributed by atoms with Crippen molar-refractivity contribution in [2.75, 3.05) is 5.73 Å². The van der Waals surface area contributed by atoms with E-state index in [0.717, 1.165) is 11.6 Å². The van der Waals surface area contributed by atoms with Crippen molar-refractivity contribution in [2.45, 2.75) is 13.8 Å². The summed E-state index contributed by atoms with van der Waals surface area (Å²) in [6.07, 6.45) is 0. The Balaban J connectivity index is 2.66. The molecule has 0 saturated heterocycles. The number of hydrogen-bond acceptors (Lipinski definition) is 3. The molecule has 3 nitrogen and oxygen atoms in total. The molecule has 0 aliphatic heterocycles. The molecule has 0 saturated carbocycles. The van der Waals surface area contributed by atoms with Crippen LogP contribution in [0.3, 0.4) is 0 Å². The minimum Gasteiger partial charge on any atom is -0.383 e. The molecule has 1 aromatic heterocycles. The average Bonchev–Trinajstić information content (AvgIpc) is 2.30. The lowest BCUT2D eigenvalue weighted by atomic mass is 10.1. The Morgan fingerprint density at radius 1 is 1.11 bits per heavy atom. The molecule has 0 spiro atoms. The highest BCUT2D eigenvalue weighted by Crippen LogP contribution is 2.27. The van der Waals surface area contributed by atoms with Crippen molar-refractivity contribution in [3.63, 3.8) is 0 Å². The van der Waals surface area contributed by atoms with Gasteiger partial charge in [-0.15, -0.1) is 0 Å². The topological polar surface area (TPSA) is 51.8 Å². The smallest absolute Gasteiger partial charge is 0.164 e. The second-order valence-electron chi connectivity index (χ2n) is 3.89. The van der Waals surface area contributed by atoms with Gasteiger partial charge in [0.15, 0.2) is 5.82 Å². The van der Waals surface area contributed by atoms with Crippen LogP contribution in [0.15, 0.2) is 16.6 Å². The first-order valence-electron chi connectivity index (χ1n) is 5.15. The summed E-state index contributed by atoms with van der Waals surface area (Å²) in [7, 11) is 0. The van der Waals surface area contributed by atoms with Gasteiger partial charge in [-0.25, -0.2) is 18.7 Å². The third-order valence-electron chi connectivity index (χ3n) is 2.68. The molecule has 0 amide bonds. The lowest BCUT2D eigenvalue weighted by molar-refractivity contribution is 0.580. The molecular formula is C12H10BrF2N3. The molecule has 2 rings (SSSR count). The van der Waals surface area contributed by atoms with E-state index in [4.69, 9.17) is 5.73 Å². The van der Waals surface area contributed by atoms with E-state index in [1.807, 2.05) is 0 Å². The number of anilines is 1. The van der Waals surface area contributed by atoms with Crippen LogP contribution in [0.1, 0.15) is 11.3 Å². The van der Waals surface area contributed by atoms with Gasteiger partial charge in [-0.2, -0.15) is 0 Å². The van der Waals surface area contributed by atoms with Crippen LogP contribution in [0.2, 0.25) is 0 Å². The molecule has 1 aromatic carbocycles. The Kier molecular flexibility index (Phi) is 3.30. The van der Waals surface area contributed by atoms with Gasteiger partial charge in [0.2, 0.25) is 0 Å². The first-order chi connectivity index (χ1) is 8.40. The van der Waals surface area contributed by atoms with Gasteiger partial charge in [-0.05, 0) is 35.8 Å². The number of halogens is 3. The lowest BCUT2D eigenvalue weighted by Crippen LogP contribution is -2.03. The minimum atomic E-state index is -0.724. The SMILES string of the molecule is Cc1nc(-c2cc(Br)c(F)cc2F)nc(N)c1C. The van der Waals surface area contributed by atoms with Crippen LogP contribution in [0, 0.1) is 25.5 Å². The van der Waals surface area contributed by atoms with Crippen molar-refractivity contribution in [2.24, 2.45) is 0 Å². The Hall–Kier alpha value is -1.56. The van der Waals surface area contributed by atoms with E-state index in [2.05, 4.69) is 25.9 Å². The summed E-state index contributed by atoms with van der Waals surface area (Å²) in [6.45, 7) is 3.54. The highest BCUT2D eigenvalue weighted by Gasteiger charge is 2.14. The van der Waals surface area contributed by atoms with E-state index in [1.165, 1.54) is 6.07 Å². The highest BCUT2D eigenvalue weighted by molar-refractivity contribution is 9.10. The quantitative estimate of drug-likeness (QED) is 0.821. The largest absolute Gasteiger partial charge is 0.383 e. The molecule has 0 aliphatic carbocycles. The number of nitrogens with zero attached hydrogens (tertiary/aromatic N) is 2. The summed E-state index contributed by atoms with van der Waals surface area (Å²) >= 11 is 3.00. The summed E-state index contributed by atoms with van der Waals surface area (Å²) in [6, 6.07) is 2.09. The molecule has 94 valence electrons. The molecule has 0 atom stereocenters. The summed E-state index contributed by atoms with van der Waals surface area (Å²) < 4.78 is 27.0. The number of rotatable bonds is 1. The lowest BCUT2D eigenvalue weighted by Gasteiger charge is -2.08.